The first-order valence-electron chi connectivity index (χ1n) is 4.78. The lowest BCUT2D eigenvalue weighted by Gasteiger charge is -2.34. The summed E-state index contributed by atoms with van der Waals surface area (Å²) in [6.45, 7) is 0. The molecule has 2 rings (SSSR count). The number of fused-ring (bicyclic) bond motifs is 1. The predicted molar refractivity (Wildman–Crippen MR) is 54.4 cm³/mol. The van der Waals surface area contributed by atoms with Gasteiger partial charge >= 0.3 is 0 Å². The van der Waals surface area contributed by atoms with Crippen LogP contribution >= 0.6 is 0 Å². The maximum absolute atomic E-state index is 6.16. The van der Waals surface area contributed by atoms with Gasteiger partial charge in [0, 0.05) is 6.42 Å². The number of likely N-dealkylation sites (N-methyl/N-ethyl adjacent to an activating group) is 1. The van der Waals surface area contributed by atoms with Crippen LogP contribution in [0, 0.1) is 0 Å². The standard InChI is InChI=1S/C11H16N2/c1-13-11(12)7-6-9-4-2-3-5-10(9)8-11/h2-5,13H,6-8,12H2,1H3. The fourth-order valence-electron chi connectivity index (χ4n) is 1.97. The number of aryl methyl sites for hydroxylation is 1. The zero-order valence-corrected chi connectivity index (χ0v) is 8.01. The second kappa shape index (κ2) is 3.13. The number of nitrogens with two attached hydrogens (primary N) is 1. The Balaban J connectivity index is 2.29. The van der Waals surface area contributed by atoms with Crippen LogP contribution in [0.5, 0.6) is 0 Å². The third-order valence-electron chi connectivity index (χ3n) is 2.96. The molecule has 0 radical (unpaired) electrons. The van der Waals surface area contributed by atoms with Crippen molar-refractivity contribution in [3.63, 3.8) is 0 Å². The van der Waals surface area contributed by atoms with Crippen molar-refractivity contribution in [1.29, 1.82) is 0 Å². The molecule has 70 valence electrons. The van der Waals surface area contributed by atoms with Crippen molar-refractivity contribution in [2.75, 3.05) is 7.05 Å². The Hall–Kier alpha value is -0.860. The molecule has 0 spiro atoms. The van der Waals surface area contributed by atoms with Crippen molar-refractivity contribution in [3.8, 4) is 0 Å². The van der Waals surface area contributed by atoms with Crippen LogP contribution in [0.15, 0.2) is 24.3 Å². The van der Waals surface area contributed by atoms with Crippen molar-refractivity contribution in [1.82, 2.24) is 5.32 Å². The van der Waals surface area contributed by atoms with E-state index in [9.17, 15) is 0 Å². The lowest BCUT2D eigenvalue weighted by Crippen LogP contribution is -2.55. The second-order valence-electron chi connectivity index (χ2n) is 3.85. The van der Waals surface area contributed by atoms with E-state index in [1.165, 1.54) is 11.1 Å². The number of rotatable bonds is 1. The molecular weight excluding hydrogens is 160 g/mol. The minimum atomic E-state index is -0.186. The van der Waals surface area contributed by atoms with Crippen LogP contribution in [-0.2, 0) is 12.8 Å². The van der Waals surface area contributed by atoms with Gasteiger partial charge in [-0.1, -0.05) is 24.3 Å². The fraction of sp³-hybridized carbons (Fsp3) is 0.455. The number of hydrogen-bond donors (Lipinski definition) is 2. The molecule has 0 saturated carbocycles. The fourth-order valence-corrected chi connectivity index (χ4v) is 1.97. The molecule has 13 heavy (non-hydrogen) atoms. The maximum Gasteiger partial charge on any atom is 0.0704 e. The third-order valence-corrected chi connectivity index (χ3v) is 2.96. The minimum absolute atomic E-state index is 0.186. The van der Waals surface area contributed by atoms with Crippen molar-refractivity contribution in [2.24, 2.45) is 5.73 Å². The highest BCUT2D eigenvalue weighted by atomic mass is 15.1. The topological polar surface area (TPSA) is 38.0 Å². The van der Waals surface area contributed by atoms with Gasteiger partial charge in [0.15, 0.2) is 0 Å². The van der Waals surface area contributed by atoms with Crippen LogP contribution < -0.4 is 11.1 Å². The number of nitrogens with one attached hydrogen (secondary N) is 1. The Kier molecular flexibility index (Phi) is 2.10. The molecule has 3 N–H and O–H groups in total. The van der Waals surface area contributed by atoms with Gasteiger partial charge in [-0.15, -0.1) is 0 Å². The van der Waals surface area contributed by atoms with Gasteiger partial charge < -0.3 is 11.1 Å². The smallest absolute Gasteiger partial charge is 0.0704 e. The van der Waals surface area contributed by atoms with E-state index in [0.717, 1.165) is 19.3 Å². The van der Waals surface area contributed by atoms with Gasteiger partial charge in [-0.3, -0.25) is 0 Å². The summed E-state index contributed by atoms with van der Waals surface area (Å²) in [5.74, 6) is 0. The Labute approximate surface area is 79.1 Å². The molecule has 0 fully saturated rings. The predicted octanol–water partition coefficient (Wildman–Crippen LogP) is 1.05. The summed E-state index contributed by atoms with van der Waals surface area (Å²) in [7, 11) is 1.94. The third kappa shape index (κ3) is 1.60. The van der Waals surface area contributed by atoms with Gasteiger partial charge in [0.25, 0.3) is 0 Å². The highest BCUT2D eigenvalue weighted by Crippen LogP contribution is 2.24. The Morgan fingerprint density at radius 1 is 1.31 bits per heavy atom. The highest BCUT2D eigenvalue weighted by Gasteiger charge is 2.27. The largest absolute Gasteiger partial charge is 0.313 e. The molecule has 1 aliphatic carbocycles. The Morgan fingerprint density at radius 2 is 2.00 bits per heavy atom. The normalized spacial score (nSPS) is 26.9. The molecule has 0 saturated heterocycles. The van der Waals surface area contributed by atoms with Crippen LogP contribution in [0.2, 0.25) is 0 Å². The van der Waals surface area contributed by atoms with E-state index < -0.39 is 0 Å². The van der Waals surface area contributed by atoms with Crippen molar-refractivity contribution < 1.29 is 0 Å². The molecular formula is C11H16N2. The summed E-state index contributed by atoms with van der Waals surface area (Å²) in [6, 6.07) is 8.56. The zero-order chi connectivity index (χ0) is 9.31. The molecule has 0 aromatic heterocycles. The molecule has 0 heterocycles. The van der Waals surface area contributed by atoms with E-state index in [-0.39, 0.29) is 5.66 Å². The van der Waals surface area contributed by atoms with Crippen LogP contribution in [0.4, 0.5) is 0 Å². The van der Waals surface area contributed by atoms with Crippen molar-refractivity contribution in [2.45, 2.75) is 24.9 Å². The van der Waals surface area contributed by atoms with Gasteiger partial charge in [-0.25, -0.2) is 0 Å². The van der Waals surface area contributed by atoms with Crippen LogP contribution in [0.25, 0.3) is 0 Å². The lowest BCUT2D eigenvalue weighted by molar-refractivity contribution is 0.318. The van der Waals surface area contributed by atoms with E-state index in [0.29, 0.717) is 0 Å². The molecule has 1 aliphatic rings. The molecule has 1 aromatic carbocycles. The average Bonchev–Trinajstić information content (AvgIpc) is 2.18. The zero-order valence-electron chi connectivity index (χ0n) is 8.01. The van der Waals surface area contributed by atoms with Crippen LogP contribution in [-0.4, -0.2) is 12.7 Å². The van der Waals surface area contributed by atoms with Crippen LogP contribution in [0.1, 0.15) is 17.5 Å². The summed E-state index contributed by atoms with van der Waals surface area (Å²) >= 11 is 0. The molecule has 2 nitrogen and oxygen atoms in total. The summed E-state index contributed by atoms with van der Waals surface area (Å²) in [5.41, 5.74) is 8.83. The SMILES string of the molecule is CNC1(N)CCc2ccccc2C1. The van der Waals surface area contributed by atoms with E-state index >= 15 is 0 Å². The summed E-state index contributed by atoms with van der Waals surface area (Å²) < 4.78 is 0. The first-order chi connectivity index (χ1) is 6.23. The molecule has 0 amide bonds. The Morgan fingerprint density at radius 3 is 2.69 bits per heavy atom. The molecule has 0 bridgehead atoms. The molecule has 2 heteroatoms. The molecule has 1 atom stereocenters. The Bertz CT molecular complexity index is 309. The van der Waals surface area contributed by atoms with Gasteiger partial charge in [-0.2, -0.15) is 0 Å². The van der Waals surface area contributed by atoms with Gasteiger partial charge in [-0.05, 0) is 31.0 Å². The monoisotopic (exact) mass is 176 g/mol. The summed E-state index contributed by atoms with van der Waals surface area (Å²) in [5, 5.41) is 3.20. The van der Waals surface area contributed by atoms with Gasteiger partial charge in [0.05, 0.1) is 5.66 Å². The first-order valence-corrected chi connectivity index (χ1v) is 4.78. The number of benzene rings is 1. The van der Waals surface area contributed by atoms with E-state index in [2.05, 4.69) is 29.6 Å². The maximum atomic E-state index is 6.16. The van der Waals surface area contributed by atoms with Crippen LogP contribution in [0.3, 0.4) is 0 Å². The van der Waals surface area contributed by atoms with Gasteiger partial charge in [0.2, 0.25) is 0 Å². The molecule has 1 unspecified atom stereocenters. The van der Waals surface area contributed by atoms with Gasteiger partial charge in [0.1, 0.15) is 0 Å². The van der Waals surface area contributed by atoms with E-state index in [1.54, 1.807) is 0 Å². The van der Waals surface area contributed by atoms with Crippen molar-refractivity contribution >= 4 is 0 Å². The lowest BCUT2D eigenvalue weighted by atomic mass is 9.84. The average molecular weight is 176 g/mol. The number of hydrogen-bond acceptors (Lipinski definition) is 2. The quantitative estimate of drug-likeness (QED) is 0.628. The summed E-state index contributed by atoms with van der Waals surface area (Å²) in [6.07, 6.45) is 3.06. The molecule has 1 aromatic rings. The van der Waals surface area contributed by atoms with Crippen molar-refractivity contribution in [3.05, 3.63) is 35.4 Å². The van der Waals surface area contributed by atoms with E-state index in [1.807, 2.05) is 7.05 Å². The molecule has 0 aliphatic heterocycles. The highest BCUT2D eigenvalue weighted by molar-refractivity contribution is 5.31. The summed E-state index contributed by atoms with van der Waals surface area (Å²) in [4.78, 5) is 0. The minimum Gasteiger partial charge on any atom is -0.313 e. The second-order valence-corrected chi connectivity index (χ2v) is 3.85. The first kappa shape index (κ1) is 8.73. The van der Waals surface area contributed by atoms with E-state index in [4.69, 9.17) is 5.73 Å².